The van der Waals surface area contributed by atoms with Crippen molar-refractivity contribution in [1.29, 1.82) is 0 Å². The van der Waals surface area contributed by atoms with E-state index in [0.29, 0.717) is 5.88 Å². The molecule has 0 saturated carbocycles. The molecule has 2 aromatic rings. The van der Waals surface area contributed by atoms with E-state index in [4.69, 9.17) is 4.74 Å². The molecule has 0 amide bonds. The molecule has 0 spiro atoms. The molecule has 2 aromatic heterocycles. The summed E-state index contributed by atoms with van der Waals surface area (Å²) < 4.78 is 5.71. The maximum atomic E-state index is 5.71. The number of hydrogen-bond acceptors (Lipinski definition) is 5. The molecule has 0 bridgehead atoms. The van der Waals surface area contributed by atoms with E-state index in [0.717, 1.165) is 25.1 Å². The van der Waals surface area contributed by atoms with E-state index in [-0.39, 0.29) is 6.10 Å². The van der Waals surface area contributed by atoms with Crippen LogP contribution >= 0.6 is 11.3 Å². The topological polar surface area (TPSA) is 47.0 Å². The number of ether oxygens (including phenoxy) is 1. The molecule has 1 N–H and O–H groups in total. The first-order chi connectivity index (χ1) is 9.69. The lowest BCUT2D eigenvalue weighted by Crippen LogP contribution is -2.15. The first kappa shape index (κ1) is 14.9. The van der Waals surface area contributed by atoms with Crippen LogP contribution in [0.1, 0.15) is 36.2 Å². The van der Waals surface area contributed by atoms with Crippen LogP contribution in [0.25, 0.3) is 0 Å². The SMILES string of the molecule is CCc1ncc(CNCc2cccnc2OC(C)C)s1. The van der Waals surface area contributed by atoms with E-state index in [9.17, 15) is 0 Å². The summed E-state index contributed by atoms with van der Waals surface area (Å²) in [6.45, 7) is 7.72. The largest absolute Gasteiger partial charge is 0.475 e. The van der Waals surface area contributed by atoms with Crippen LogP contribution in [0.5, 0.6) is 5.88 Å². The standard InChI is InChI=1S/C15H21N3OS/c1-4-14-18-10-13(20-14)9-16-8-12-6-5-7-17-15(12)19-11(2)3/h5-7,10-11,16H,4,8-9H2,1-3H3. The van der Waals surface area contributed by atoms with Gasteiger partial charge in [-0.1, -0.05) is 13.0 Å². The molecule has 0 radical (unpaired) electrons. The fraction of sp³-hybridized carbons (Fsp3) is 0.467. The molecule has 4 nitrogen and oxygen atoms in total. The van der Waals surface area contributed by atoms with Gasteiger partial charge in [0.15, 0.2) is 0 Å². The molecule has 0 atom stereocenters. The van der Waals surface area contributed by atoms with Crippen LogP contribution in [-0.2, 0) is 19.5 Å². The fourth-order valence-corrected chi connectivity index (χ4v) is 2.63. The van der Waals surface area contributed by atoms with Gasteiger partial charge in [-0.05, 0) is 26.3 Å². The van der Waals surface area contributed by atoms with Crippen molar-refractivity contribution < 1.29 is 4.74 Å². The third-order valence-electron chi connectivity index (χ3n) is 2.72. The molecule has 0 unspecified atom stereocenters. The molecule has 2 heterocycles. The van der Waals surface area contributed by atoms with Gasteiger partial charge in [-0.25, -0.2) is 9.97 Å². The first-order valence-electron chi connectivity index (χ1n) is 6.94. The Morgan fingerprint density at radius 1 is 1.30 bits per heavy atom. The smallest absolute Gasteiger partial charge is 0.218 e. The zero-order valence-electron chi connectivity index (χ0n) is 12.2. The van der Waals surface area contributed by atoms with Gasteiger partial charge in [-0.3, -0.25) is 0 Å². The monoisotopic (exact) mass is 291 g/mol. The van der Waals surface area contributed by atoms with E-state index in [1.165, 1.54) is 9.88 Å². The van der Waals surface area contributed by atoms with Gasteiger partial charge in [-0.15, -0.1) is 11.3 Å². The Hall–Kier alpha value is -1.46. The van der Waals surface area contributed by atoms with E-state index < -0.39 is 0 Å². The molecule has 0 aliphatic carbocycles. The number of nitrogens with one attached hydrogen (secondary N) is 1. The van der Waals surface area contributed by atoms with Crippen molar-refractivity contribution in [3.63, 3.8) is 0 Å². The molecule has 0 aromatic carbocycles. The number of nitrogens with zero attached hydrogens (tertiary/aromatic N) is 2. The summed E-state index contributed by atoms with van der Waals surface area (Å²) in [5.41, 5.74) is 1.08. The maximum Gasteiger partial charge on any atom is 0.218 e. The van der Waals surface area contributed by atoms with Crippen LogP contribution < -0.4 is 10.1 Å². The minimum absolute atomic E-state index is 0.136. The normalized spacial score (nSPS) is 11.0. The van der Waals surface area contributed by atoms with Crippen LogP contribution in [0.15, 0.2) is 24.5 Å². The fourth-order valence-electron chi connectivity index (χ4n) is 1.80. The van der Waals surface area contributed by atoms with Crippen LogP contribution in [-0.4, -0.2) is 16.1 Å². The second kappa shape index (κ2) is 7.36. The summed E-state index contributed by atoms with van der Waals surface area (Å²) in [6.07, 6.45) is 4.85. The third-order valence-corrected chi connectivity index (χ3v) is 3.86. The number of aryl methyl sites for hydroxylation is 1. The molecule has 0 saturated heterocycles. The van der Waals surface area contributed by atoms with Crippen molar-refractivity contribution in [2.75, 3.05) is 0 Å². The predicted molar refractivity (Wildman–Crippen MR) is 82.0 cm³/mol. The highest BCUT2D eigenvalue weighted by atomic mass is 32.1. The van der Waals surface area contributed by atoms with Crippen LogP contribution in [0, 0.1) is 0 Å². The minimum Gasteiger partial charge on any atom is -0.475 e. The number of aromatic nitrogens is 2. The highest BCUT2D eigenvalue weighted by Crippen LogP contribution is 2.17. The molecule has 2 rings (SSSR count). The van der Waals surface area contributed by atoms with E-state index in [1.807, 2.05) is 32.2 Å². The molecule has 5 heteroatoms. The Bertz CT molecular complexity index is 539. The number of thiazole rings is 1. The van der Waals surface area contributed by atoms with Crippen molar-refractivity contribution in [1.82, 2.24) is 15.3 Å². The highest BCUT2D eigenvalue weighted by Gasteiger charge is 2.07. The zero-order chi connectivity index (χ0) is 14.4. The second-order valence-electron chi connectivity index (χ2n) is 4.81. The van der Waals surface area contributed by atoms with Crippen molar-refractivity contribution in [2.24, 2.45) is 0 Å². The Balaban J connectivity index is 1.90. The predicted octanol–water partition coefficient (Wildman–Crippen LogP) is 3.18. The van der Waals surface area contributed by atoms with E-state index >= 15 is 0 Å². The van der Waals surface area contributed by atoms with Gasteiger partial charge >= 0.3 is 0 Å². The third kappa shape index (κ3) is 4.28. The van der Waals surface area contributed by atoms with Crippen molar-refractivity contribution >= 4 is 11.3 Å². The maximum absolute atomic E-state index is 5.71. The molecular formula is C15H21N3OS. The first-order valence-corrected chi connectivity index (χ1v) is 7.75. The second-order valence-corrected chi connectivity index (χ2v) is 6.01. The lowest BCUT2D eigenvalue weighted by molar-refractivity contribution is 0.229. The average Bonchev–Trinajstić information content (AvgIpc) is 2.88. The Kier molecular flexibility index (Phi) is 5.49. The van der Waals surface area contributed by atoms with Crippen molar-refractivity contribution in [2.45, 2.75) is 46.4 Å². The number of pyridine rings is 1. The lowest BCUT2D eigenvalue weighted by Gasteiger charge is -2.12. The van der Waals surface area contributed by atoms with Crippen LogP contribution in [0.2, 0.25) is 0 Å². The van der Waals surface area contributed by atoms with E-state index in [2.05, 4.69) is 22.2 Å². The summed E-state index contributed by atoms with van der Waals surface area (Å²) in [4.78, 5) is 9.91. The Morgan fingerprint density at radius 3 is 2.85 bits per heavy atom. The summed E-state index contributed by atoms with van der Waals surface area (Å²) in [7, 11) is 0. The van der Waals surface area contributed by atoms with Crippen LogP contribution in [0.3, 0.4) is 0 Å². The number of hydrogen-bond donors (Lipinski definition) is 1. The molecular weight excluding hydrogens is 270 g/mol. The Morgan fingerprint density at radius 2 is 2.15 bits per heavy atom. The molecule has 0 fully saturated rings. The van der Waals surface area contributed by atoms with Gasteiger partial charge < -0.3 is 10.1 Å². The van der Waals surface area contributed by atoms with Gasteiger partial charge in [0.2, 0.25) is 5.88 Å². The zero-order valence-corrected chi connectivity index (χ0v) is 13.0. The molecule has 0 aliphatic rings. The van der Waals surface area contributed by atoms with Crippen LogP contribution in [0.4, 0.5) is 0 Å². The van der Waals surface area contributed by atoms with Gasteiger partial charge in [0.25, 0.3) is 0 Å². The van der Waals surface area contributed by atoms with Crippen molar-refractivity contribution in [3.05, 3.63) is 40.0 Å². The van der Waals surface area contributed by atoms with E-state index in [1.54, 1.807) is 17.5 Å². The highest BCUT2D eigenvalue weighted by molar-refractivity contribution is 7.11. The van der Waals surface area contributed by atoms with Gasteiger partial charge in [-0.2, -0.15) is 0 Å². The average molecular weight is 291 g/mol. The summed E-state index contributed by atoms with van der Waals surface area (Å²) in [5, 5.41) is 4.61. The van der Waals surface area contributed by atoms with Gasteiger partial charge in [0.05, 0.1) is 11.1 Å². The summed E-state index contributed by atoms with van der Waals surface area (Å²) in [5.74, 6) is 0.716. The van der Waals surface area contributed by atoms with Crippen molar-refractivity contribution in [3.8, 4) is 5.88 Å². The molecule has 20 heavy (non-hydrogen) atoms. The summed E-state index contributed by atoms with van der Waals surface area (Å²) in [6, 6.07) is 3.98. The number of rotatable bonds is 7. The van der Waals surface area contributed by atoms with Gasteiger partial charge in [0.1, 0.15) is 0 Å². The minimum atomic E-state index is 0.136. The van der Waals surface area contributed by atoms with Gasteiger partial charge in [0, 0.05) is 35.9 Å². The molecule has 108 valence electrons. The molecule has 0 aliphatic heterocycles. The summed E-state index contributed by atoms with van der Waals surface area (Å²) >= 11 is 1.76. The Labute approximate surface area is 124 Å². The quantitative estimate of drug-likeness (QED) is 0.851. The lowest BCUT2D eigenvalue weighted by atomic mass is 10.2.